The van der Waals surface area contributed by atoms with Gasteiger partial charge in [0.15, 0.2) is 0 Å². The lowest BCUT2D eigenvalue weighted by molar-refractivity contribution is -0.0117. The van der Waals surface area contributed by atoms with Crippen LogP contribution in [0.1, 0.15) is 18.9 Å². The summed E-state index contributed by atoms with van der Waals surface area (Å²) >= 11 is 0. The molecule has 1 rings (SSSR count). The Balaban J connectivity index is 3.10. The van der Waals surface area contributed by atoms with Crippen LogP contribution in [0.2, 0.25) is 0 Å². The van der Waals surface area contributed by atoms with Crippen LogP contribution in [-0.4, -0.2) is 0 Å². The smallest absolute Gasteiger partial charge is 0.206 e. The van der Waals surface area contributed by atoms with Crippen LogP contribution in [-0.2, 0) is 5.92 Å². The van der Waals surface area contributed by atoms with Crippen LogP contribution in [0.4, 0.5) is 13.2 Å². The lowest BCUT2D eigenvalue weighted by atomic mass is 10.1. The number of rotatable bonds is 2. The van der Waals surface area contributed by atoms with Crippen LogP contribution in [0.15, 0.2) is 24.3 Å². The lowest BCUT2D eigenvalue weighted by Crippen LogP contribution is -2.13. The molecule has 1 aromatic carbocycles. The molecule has 0 aromatic heterocycles. The van der Waals surface area contributed by atoms with E-state index < -0.39 is 17.3 Å². The third-order valence-corrected chi connectivity index (χ3v) is 1.71. The molecule has 0 fully saturated rings. The van der Waals surface area contributed by atoms with Crippen LogP contribution in [0.25, 0.3) is 0 Å². The molecule has 0 heterocycles. The Kier molecular flexibility index (Phi) is 2.40. The van der Waals surface area contributed by atoms with Crippen molar-refractivity contribution >= 4 is 0 Å². The Morgan fingerprint density at radius 2 is 1.83 bits per heavy atom. The zero-order valence-corrected chi connectivity index (χ0v) is 6.65. The third-order valence-electron chi connectivity index (χ3n) is 1.71. The number of benzene rings is 1. The summed E-state index contributed by atoms with van der Waals surface area (Å²) < 4.78 is 38.6. The molecule has 66 valence electrons. The van der Waals surface area contributed by atoms with E-state index in [9.17, 15) is 13.2 Å². The van der Waals surface area contributed by atoms with E-state index in [-0.39, 0.29) is 6.42 Å². The lowest BCUT2D eigenvalue weighted by Gasteiger charge is -2.14. The monoisotopic (exact) mass is 174 g/mol. The van der Waals surface area contributed by atoms with Gasteiger partial charge in [-0.3, -0.25) is 0 Å². The summed E-state index contributed by atoms with van der Waals surface area (Å²) in [4.78, 5) is 0. The Labute approximate surface area is 69.0 Å². The van der Waals surface area contributed by atoms with Crippen molar-refractivity contribution in [1.29, 1.82) is 0 Å². The number of alkyl halides is 2. The maximum absolute atomic E-state index is 12.9. The fraction of sp³-hybridized carbons (Fsp3) is 0.333. The Hall–Kier alpha value is -0.990. The van der Waals surface area contributed by atoms with E-state index in [2.05, 4.69) is 0 Å². The molecule has 1 aromatic rings. The Morgan fingerprint density at radius 1 is 1.25 bits per heavy atom. The molecule has 0 amide bonds. The SMILES string of the molecule is CCC(F)(F)c1ccccc1F. The molecule has 0 nitrogen and oxygen atoms in total. The number of halogens is 3. The van der Waals surface area contributed by atoms with E-state index >= 15 is 0 Å². The summed E-state index contributed by atoms with van der Waals surface area (Å²) in [6.07, 6.45) is -0.381. The maximum Gasteiger partial charge on any atom is 0.275 e. The summed E-state index contributed by atoms with van der Waals surface area (Å²) in [5.74, 6) is -3.89. The molecule has 0 aliphatic rings. The molecule has 0 bridgehead atoms. The molecule has 0 radical (unpaired) electrons. The highest BCUT2D eigenvalue weighted by molar-refractivity contribution is 5.21. The van der Waals surface area contributed by atoms with Gasteiger partial charge in [0.05, 0.1) is 5.56 Å². The van der Waals surface area contributed by atoms with Gasteiger partial charge in [-0.25, -0.2) is 13.2 Å². The van der Waals surface area contributed by atoms with Crippen molar-refractivity contribution in [3.63, 3.8) is 0 Å². The van der Waals surface area contributed by atoms with Gasteiger partial charge in [-0.05, 0) is 6.07 Å². The molecule has 3 heteroatoms. The van der Waals surface area contributed by atoms with Crippen molar-refractivity contribution < 1.29 is 13.2 Å². The van der Waals surface area contributed by atoms with Gasteiger partial charge in [0.2, 0.25) is 0 Å². The molecule has 12 heavy (non-hydrogen) atoms. The average Bonchev–Trinajstić information content (AvgIpc) is 2.05. The van der Waals surface area contributed by atoms with Crippen molar-refractivity contribution in [2.45, 2.75) is 19.3 Å². The molecular weight excluding hydrogens is 165 g/mol. The minimum atomic E-state index is -3.05. The molecule has 0 unspecified atom stereocenters. The zero-order valence-electron chi connectivity index (χ0n) is 6.65. The van der Waals surface area contributed by atoms with Crippen molar-refractivity contribution in [1.82, 2.24) is 0 Å². The van der Waals surface area contributed by atoms with Gasteiger partial charge in [-0.1, -0.05) is 25.1 Å². The summed E-state index contributed by atoms with van der Waals surface area (Å²) in [6.45, 7) is 1.33. The first-order chi connectivity index (χ1) is 5.58. The molecular formula is C9H9F3. The summed E-state index contributed by atoms with van der Waals surface area (Å²) in [7, 11) is 0. The highest BCUT2D eigenvalue weighted by Crippen LogP contribution is 2.32. The van der Waals surface area contributed by atoms with Crippen molar-refractivity contribution in [2.24, 2.45) is 0 Å². The average molecular weight is 174 g/mol. The van der Waals surface area contributed by atoms with E-state index in [0.29, 0.717) is 0 Å². The van der Waals surface area contributed by atoms with Crippen molar-refractivity contribution in [3.05, 3.63) is 35.6 Å². The standard InChI is InChI=1S/C9H9F3/c1-2-9(11,12)7-5-3-4-6-8(7)10/h3-6H,2H2,1H3. The van der Waals surface area contributed by atoms with E-state index in [4.69, 9.17) is 0 Å². The molecule has 0 saturated heterocycles. The quantitative estimate of drug-likeness (QED) is 0.645. The maximum atomic E-state index is 12.9. The third kappa shape index (κ3) is 1.60. The predicted octanol–water partition coefficient (Wildman–Crippen LogP) is 3.33. The molecule has 0 spiro atoms. The Bertz CT molecular complexity index is 268. The Morgan fingerprint density at radius 3 is 2.33 bits per heavy atom. The highest BCUT2D eigenvalue weighted by atomic mass is 19.3. The number of hydrogen-bond donors (Lipinski definition) is 0. The summed E-state index contributed by atoms with van der Waals surface area (Å²) in [6, 6.07) is 4.95. The largest absolute Gasteiger partial charge is 0.275 e. The van der Waals surface area contributed by atoms with Gasteiger partial charge in [0.1, 0.15) is 5.82 Å². The van der Waals surface area contributed by atoms with Crippen molar-refractivity contribution in [2.75, 3.05) is 0 Å². The highest BCUT2D eigenvalue weighted by Gasteiger charge is 2.31. The second kappa shape index (κ2) is 3.17. The predicted molar refractivity (Wildman–Crippen MR) is 40.6 cm³/mol. The minimum Gasteiger partial charge on any atom is -0.206 e. The number of hydrogen-bond acceptors (Lipinski definition) is 0. The van der Waals surface area contributed by atoms with Crippen molar-refractivity contribution in [3.8, 4) is 0 Å². The van der Waals surface area contributed by atoms with Crippen LogP contribution in [0.5, 0.6) is 0 Å². The zero-order chi connectivity index (χ0) is 9.19. The molecule has 0 N–H and O–H groups in total. The van der Waals surface area contributed by atoms with E-state index in [1.807, 2.05) is 0 Å². The molecule has 0 aliphatic heterocycles. The first-order valence-corrected chi connectivity index (χ1v) is 3.70. The fourth-order valence-electron chi connectivity index (χ4n) is 0.948. The molecule has 0 saturated carbocycles. The first kappa shape index (κ1) is 9.10. The van der Waals surface area contributed by atoms with Crippen LogP contribution in [0.3, 0.4) is 0 Å². The molecule has 0 atom stereocenters. The topological polar surface area (TPSA) is 0 Å². The van der Waals surface area contributed by atoms with E-state index in [0.717, 1.165) is 12.1 Å². The van der Waals surface area contributed by atoms with Crippen LogP contribution >= 0.6 is 0 Å². The van der Waals surface area contributed by atoms with Gasteiger partial charge in [0.25, 0.3) is 5.92 Å². The second-order valence-corrected chi connectivity index (χ2v) is 2.54. The van der Waals surface area contributed by atoms with Crippen LogP contribution < -0.4 is 0 Å². The normalized spacial score (nSPS) is 11.7. The summed E-state index contributed by atoms with van der Waals surface area (Å²) in [5, 5.41) is 0. The van der Waals surface area contributed by atoms with E-state index in [1.165, 1.54) is 19.1 Å². The van der Waals surface area contributed by atoms with Gasteiger partial charge in [-0.2, -0.15) is 0 Å². The van der Waals surface area contributed by atoms with Gasteiger partial charge < -0.3 is 0 Å². The van der Waals surface area contributed by atoms with Gasteiger partial charge in [0, 0.05) is 6.42 Å². The first-order valence-electron chi connectivity index (χ1n) is 3.70. The van der Waals surface area contributed by atoms with Crippen LogP contribution in [0, 0.1) is 5.82 Å². The van der Waals surface area contributed by atoms with Gasteiger partial charge in [-0.15, -0.1) is 0 Å². The minimum absolute atomic E-state index is 0.381. The second-order valence-electron chi connectivity index (χ2n) is 2.54. The summed E-state index contributed by atoms with van der Waals surface area (Å²) in [5.41, 5.74) is -0.521. The van der Waals surface area contributed by atoms with E-state index in [1.54, 1.807) is 0 Å². The van der Waals surface area contributed by atoms with Gasteiger partial charge >= 0.3 is 0 Å². The fourth-order valence-corrected chi connectivity index (χ4v) is 0.948. The molecule has 0 aliphatic carbocycles.